The van der Waals surface area contributed by atoms with E-state index in [2.05, 4.69) is 4.74 Å². The molecule has 0 aliphatic heterocycles. The van der Waals surface area contributed by atoms with Crippen LogP contribution in [0.3, 0.4) is 0 Å². The van der Waals surface area contributed by atoms with Gasteiger partial charge in [0.2, 0.25) is 0 Å². The van der Waals surface area contributed by atoms with Gasteiger partial charge in [0.15, 0.2) is 0 Å². The molecule has 3 nitrogen and oxygen atoms in total. The first-order valence-corrected chi connectivity index (χ1v) is 6.05. The van der Waals surface area contributed by atoms with E-state index in [1.165, 1.54) is 31.5 Å². The lowest BCUT2D eigenvalue weighted by Gasteiger charge is -2.06. The maximum Gasteiger partial charge on any atom is 0.333 e. The van der Waals surface area contributed by atoms with Crippen molar-refractivity contribution in [1.29, 1.82) is 0 Å². The minimum atomic E-state index is -0.456. The van der Waals surface area contributed by atoms with Gasteiger partial charge in [0, 0.05) is 11.8 Å². The van der Waals surface area contributed by atoms with Gasteiger partial charge in [-0.2, -0.15) is 0 Å². The fraction of sp³-hybridized carbons (Fsp3) is 0.214. The number of allylic oxidation sites excluding steroid dienone is 2. The number of carbonyl (C=O) groups excluding carboxylic acids is 1. The van der Waals surface area contributed by atoms with E-state index in [0.717, 1.165) is 5.56 Å². The zero-order valence-electron chi connectivity index (χ0n) is 10.5. The van der Waals surface area contributed by atoms with Crippen LogP contribution in [0.5, 0.6) is 0 Å². The molecule has 0 bridgehead atoms. The minimum absolute atomic E-state index is 0.263. The van der Waals surface area contributed by atoms with Crippen molar-refractivity contribution in [3.63, 3.8) is 0 Å². The summed E-state index contributed by atoms with van der Waals surface area (Å²) in [5, 5.41) is 0.263. The molecule has 2 N–H and O–H groups in total. The number of rotatable bonds is 5. The fourth-order valence-corrected chi connectivity index (χ4v) is 1.64. The average molecular weight is 284 g/mol. The Morgan fingerprint density at radius 2 is 2.05 bits per heavy atom. The number of carbonyl (C=O) groups is 1. The van der Waals surface area contributed by atoms with Gasteiger partial charge in [0.05, 0.1) is 12.1 Å². The van der Waals surface area contributed by atoms with Crippen LogP contribution in [0.4, 0.5) is 4.39 Å². The first-order valence-electron chi connectivity index (χ1n) is 5.67. The second-order valence-electron chi connectivity index (χ2n) is 3.84. The van der Waals surface area contributed by atoms with E-state index in [-0.39, 0.29) is 10.8 Å². The molecule has 0 saturated carbocycles. The standard InChI is InChI=1S/C14H15ClFNO2/c1-19-14(18)11(8-12(15)9-17)5-2-10-3-6-13(16)7-4-10/h3-4,6-9H,2,5,17H2,1H3/b11-8+,12-9+. The Labute approximate surface area is 116 Å². The Morgan fingerprint density at radius 1 is 1.42 bits per heavy atom. The van der Waals surface area contributed by atoms with Crippen LogP contribution in [0, 0.1) is 5.82 Å². The number of benzene rings is 1. The molecule has 0 fully saturated rings. The zero-order chi connectivity index (χ0) is 14.3. The summed E-state index contributed by atoms with van der Waals surface area (Å²) >= 11 is 5.77. The lowest BCUT2D eigenvalue weighted by Crippen LogP contribution is -2.06. The molecule has 0 unspecified atom stereocenters. The van der Waals surface area contributed by atoms with Crippen LogP contribution >= 0.6 is 11.6 Å². The van der Waals surface area contributed by atoms with Crippen LogP contribution in [0.2, 0.25) is 0 Å². The molecule has 0 amide bonds. The number of hydrogen-bond acceptors (Lipinski definition) is 3. The van der Waals surface area contributed by atoms with Crippen molar-refractivity contribution in [1.82, 2.24) is 0 Å². The van der Waals surface area contributed by atoms with Crippen molar-refractivity contribution in [3.8, 4) is 0 Å². The van der Waals surface area contributed by atoms with Gasteiger partial charge in [-0.1, -0.05) is 23.7 Å². The SMILES string of the molecule is COC(=O)/C(=C/C(Cl)=C\N)CCc1ccc(F)cc1. The van der Waals surface area contributed by atoms with Gasteiger partial charge in [-0.25, -0.2) is 9.18 Å². The highest BCUT2D eigenvalue weighted by molar-refractivity contribution is 6.31. The van der Waals surface area contributed by atoms with Crippen LogP contribution in [0.1, 0.15) is 12.0 Å². The molecule has 5 heteroatoms. The Balaban J connectivity index is 2.76. The molecule has 102 valence electrons. The van der Waals surface area contributed by atoms with Gasteiger partial charge in [-0.15, -0.1) is 0 Å². The number of ether oxygens (including phenoxy) is 1. The second-order valence-corrected chi connectivity index (χ2v) is 4.28. The predicted molar refractivity (Wildman–Crippen MR) is 72.9 cm³/mol. The molecule has 1 aromatic carbocycles. The fourth-order valence-electron chi connectivity index (χ4n) is 1.51. The summed E-state index contributed by atoms with van der Waals surface area (Å²) in [5.41, 5.74) is 6.59. The quantitative estimate of drug-likeness (QED) is 0.513. The van der Waals surface area contributed by atoms with Crippen LogP contribution in [-0.4, -0.2) is 13.1 Å². The van der Waals surface area contributed by atoms with E-state index < -0.39 is 5.97 Å². The van der Waals surface area contributed by atoms with Crippen molar-refractivity contribution in [2.45, 2.75) is 12.8 Å². The summed E-state index contributed by atoms with van der Waals surface area (Å²) in [5.74, 6) is -0.747. The Hall–Kier alpha value is -1.81. The third-order valence-electron chi connectivity index (χ3n) is 2.52. The zero-order valence-corrected chi connectivity index (χ0v) is 11.3. The smallest absolute Gasteiger partial charge is 0.333 e. The lowest BCUT2D eigenvalue weighted by atomic mass is 10.0. The van der Waals surface area contributed by atoms with E-state index in [4.69, 9.17) is 17.3 Å². The average Bonchev–Trinajstić information content (AvgIpc) is 2.43. The molecule has 1 rings (SSSR count). The Bertz CT molecular complexity index is 495. The van der Waals surface area contributed by atoms with Crippen LogP contribution < -0.4 is 5.73 Å². The molecule has 0 atom stereocenters. The summed E-state index contributed by atoms with van der Waals surface area (Å²) < 4.78 is 17.4. The summed E-state index contributed by atoms with van der Waals surface area (Å²) in [6, 6.07) is 6.10. The second kappa shape index (κ2) is 7.59. The van der Waals surface area contributed by atoms with Crippen LogP contribution in [-0.2, 0) is 16.0 Å². The van der Waals surface area contributed by atoms with Gasteiger partial charge in [-0.05, 0) is 36.6 Å². The molecule has 0 saturated heterocycles. The van der Waals surface area contributed by atoms with Crippen LogP contribution in [0.25, 0.3) is 0 Å². The highest BCUT2D eigenvalue weighted by Gasteiger charge is 2.10. The van der Waals surface area contributed by atoms with Gasteiger partial charge in [0.25, 0.3) is 0 Å². The third-order valence-corrected chi connectivity index (χ3v) is 2.75. The molecule has 0 aromatic heterocycles. The lowest BCUT2D eigenvalue weighted by molar-refractivity contribution is -0.136. The van der Waals surface area contributed by atoms with Crippen molar-refractivity contribution in [2.75, 3.05) is 7.11 Å². The first kappa shape index (κ1) is 15.2. The Morgan fingerprint density at radius 3 is 2.58 bits per heavy atom. The maximum atomic E-state index is 12.8. The minimum Gasteiger partial charge on any atom is -0.466 e. The van der Waals surface area contributed by atoms with Gasteiger partial charge in [0.1, 0.15) is 5.82 Å². The number of esters is 1. The molecular weight excluding hydrogens is 269 g/mol. The maximum absolute atomic E-state index is 12.8. The predicted octanol–water partition coefficient (Wildman–Crippen LogP) is 2.90. The molecule has 1 aromatic rings. The van der Waals surface area contributed by atoms with E-state index in [0.29, 0.717) is 18.4 Å². The summed E-state index contributed by atoms with van der Waals surface area (Å²) in [4.78, 5) is 11.6. The number of hydrogen-bond donors (Lipinski definition) is 1. The van der Waals surface area contributed by atoms with Gasteiger partial charge < -0.3 is 10.5 Å². The van der Waals surface area contributed by atoms with Crippen molar-refractivity contribution in [2.24, 2.45) is 5.73 Å². The van der Waals surface area contributed by atoms with Crippen molar-refractivity contribution in [3.05, 3.63) is 58.5 Å². The molecule has 0 aliphatic carbocycles. The highest BCUT2D eigenvalue weighted by Crippen LogP contribution is 2.15. The number of aryl methyl sites for hydroxylation is 1. The third kappa shape index (κ3) is 5.14. The van der Waals surface area contributed by atoms with E-state index in [1.54, 1.807) is 12.1 Å². The molecule has 19 heavy (non-hydrogen) atoms. The topological polar surface area (TPSA) is 52.3 Å². The number of halogens is 2. The molecular formula is C14H15ClFNO2. The Kier molecular flexibility index (Phi) is 6.09. The monoisotopic (exact) mass is 283 g/mol. The van der Waals surface area contributed by atoms with Crippen LogP contribution in [0.15, 0.2) is 47.1 Å². The first-order chi connectivity index (χ1) is 9.06. The molecule has 0 heterocycles. The molecule has 0 spiro atoms. The summed E-state index contributed by atoms with van der Waals surface area (Å²) in [6.45, 7) is 0. The molecule has 0 radical (unpaired) electrons. The number of nitrogens with two attached hydrogens (primary N) is 1. The van der Waals surface area contributed by atoms with E-state index in [9.17, 15) is 9.18 Å². The normalized spacial score (nSPS) is 12.4. The number of methoxy groups -OCH3 is 1. The highest BCUT2D eigenvalue weighted by atomic mass is 35.5. The van der Waals surface area contributed by atoms with E-state index in [1.807, 2.05) is 0 Å². The molecule has 0 aliphatic rings. The summed E-state index contributed by atoms with van der Waals surface area (Å²) in [7, 11) is 1.30. The van der Waals surface area contributed by atoms with Crippen molar-refractivity contribution >= 4 is 17.6 Å². The van der Waals surface area contributed by atoms with Gasteiger partial charge in [-0.3, -0.25) is 0 Å². The van der Waals surface area contributed by atoms with E-state index >= 15 is 0 Å². The summed E-state index contributed by atoms with van der Waals surface area (Å²) in [6.07, 6.45) is 3.68. The van der Waals surface area contributed by atoms with Gasteiger partial charge >= 0.3 is 5.97 Å². The van der Waals surface area contributed by atoms with Crippen molar-refractivity contribution < 1.29 is 13.9 Å². The largest absolute Gasteiger partial charge is 0.466 e.